The lowest BCUT2D eigenvalue weighted by atomic mass is 9.96. The van der Waals surface area contributed by atoms with Crippen molar-refractivity contribution in [1.82, 2.24) is 0 Å². The van der Waals surface area contributed by atoms with E-state index < -0.39 is 32.5 Å². The average molecular weight is 458 g/mol. The van der Waals surface area contributed by atoms with Crippen LogP contribution >= 0.6 is 0 Å². The zero-order chi connectivity index (χ0) is 23.4. The smallest absolute Gasteiger partial charge is 0.327 e. The fourth-order valence-electron chi connectivity index (χ4n) is 3.36. The second-order valence-electron chi connectivity index (χ2n) is 7.81. The summed E-state index contributed by atoms with van der Waals surface area (Å²) in [6, 6.07) is 13.5. The molecule has 0 fully saturated rings. The SMILES string of the molecule is CC#Cc1ccc(C2=NOC(CC(C)(C(=O)OCc3ccccc3)S(C)(=O)=O)C2)c(F)c1. The number of oxime groups is 1. The molecule has 3 rings (SSSR count). The molecule has 168 valence electrons. The molecule has 2 aromatic carbocycles. The van der Waals surface area contributed by atoms with Gasteiger partial charge in [-0.15, -0.1) is 5.92 Å². The summed E-state index contributed by atoms with van der Waals surface area (Å²) in [5.74, 6) is 4.12. The van der Waals surface area contributed by atoms with Crippen LogP contribution in [-0.2, 0) is 30.8 Å². The van der Waals surface area contributed by atoms with Crippen LogP contribution in [-0.4, -0.2) is 37.2 Å². The third-order valence-electron chi connectivity index (χ3n) is 5.36. The Kier molecular flexibility index (Phi) is 6.99. The molecule has 1 aliphatic heterocycles. The number of rotatable bonds is 7. The van der Waals surface area contributed by atoms with E-state index >= 15 is 0 Å². The Morgan fingerprint density at radius 1 is 1.28 bits per heavy atom. The predicted molar refractivity (Wildman–Crippen MR) is 119 cm³/mol. The summed E-state index contributed by atoms with van der Waals surface area (Å²) >= 11 is 0. The van der Waals surface area contributed by atoms with E-state index in [9.17, 15) is 17.6 Å². The van der Waals surface area contributed by atoms with Crippen molar-refractivity contribution in [2.75, 3.05) is 6.26 Å². The molecule has 0 amide bonds. The lowest BCUT2D eigenvalue weighted by molar-refractivity contribution is -0.148. The lowest BCUT2D eigenvalue weighted by Crippen LogP contribution is -2.46. The summed E-state index contributed by atoms with van der Waals surface area (Å²) in [6.45, 7) is 2.93. The zero-order valence-electron chi connectivity index (χ0n) is 18.1. The van der Waals surface area contributed by atoms with Gasteiger partial charge in [-0.05, 0) is 37.6 Å². The Morgan fingerprint density at radius 3 is 2.62 bits per heavy atom. The van der Waals surface area contributed by atoms with E-state index in [4.69, 9.17) is 9.57 Å². The summed E-state index contributed by atoms with van der Waals surface area (Å²) in [7, 11) is -3.85. The summed E-state index contributed by atoms with van der Waals surface area (Å²) in [5, 5.41) is 3.94. The third-order valence-corrected chi connectivity index (χ3v) is 7.33. The molecule has 1 heterocycles. The third kappa shape index (κ3) is 5.17. The number of nitrogens with zero attached hydrogens (tertiary/aromatic N) is 1. The fraction of sp³-hybridized carbons (Fsp3) is 0.333. The van der Waals surface area contributed by atoms with Crippen molar-refractivity contribution in [2.24, 2.45) is 5.16 Å². The summed E-state index contributed by atoms with van der Waals surface area (Å²) < 4.78 is 43.0. The van der Waals surface area contributed by atoms with Crippen molar-refractivity contribution in [2.45, 2.75) is 44.1 Å². The molecule has 2 unspecified atom stereocenters. The highest BCUT2D eigenvalue weighted by molar-refractivity contribution is 7.92. The lowest BCUT2D eigenvalue weighted by Gasteiger charge is -2.27. The van der Waals surface area contributed by atoms with Crippen molar-refractivity contribution in [3.8, 4) is 11.8 Å². The van der Waals surface area contributed by atoms with E-state index in [0.717, 1.165) is 11.8 Å². The number of hydrogen-bond donors (Lipinski definition) is 0. The highest BCUT2D eigenvalue weighted by Gasteiger charge is 2.48. The quantitative estimate of drug-likeness (QED) is 0.469. The topological polar surface area (TPSA) is 82.0 Å². The zero-order valence-corrected chi connectivity index (χ0v) is 18.9. The van der Waals surface area contributed by atoms with Crippen LogP contribution in [0.1, 0.15) is 43.4 Å². The predicted octanol–water partition coefficient (Wildman–Crippen LogP) is 3.63. The van der Waals surface area contributed by atoms with Crippen LogP contribution < -0.4 is 0 Å². The number of halogens is 1. The second-order valence-corrected chi connectivity index (χ2v) is 10.3. The van der Waals surface area contributed by atoms with Gasteiger partial charge in [-0.25, -0.2) is 12.8 Å². The van der Waals surface area contributed by atoms with Gasteiger partial charge in [0.15, 0.2) is 14.6 Å². The van der Waals surface area contributed by atoms with Crippen molar-refractivity contribution in [1.29, 1.82) is 0 Å². The van der Waals surface area contributed by atoms with Crippen LogP contribution in [0.15, 0.2) is 53.7 Å². The van der Waals surface area contributed by atoms with E-state index in [2.05, 4.69) is 17.0 Å². The Hall–Kier alpha value is -3.18. The largest absolute Gasteiger partial charge is 0.460 e. The molecule has 0 aromatic heterocycles. The molecule has 0 saturated carbocycles. The normalized spacial score (nSPS) is 17.4. The molecule has 1 aliphatic rings. The van der Waals surface area contributed by atoms with Crippen molar-refractivity contribution in [3.63, 3.8) is 0 Å². The van der Waals surface area contributed by atoms with Crippen molar-refractivity contribution < 1.29 is 27.2 Å². The van der Waals surface area contributed by atoms with E-state index in [1.54, 1.807) is 43.3 Å². The molecule has 6 nitrogen and oxygen atoms in total. The monoisotopic (exact) mass is 457 g/mol. The van der Waals surface area contributed by atoms with Crippen LogP contribution in [0.4, 0.5) is 4.39 Å². The molecule has 0 aliphatic carbocycles. The van der Waals surface area contributed by atoms with Gasteiger partial charge in [0, 0.05) is 30.2 Å². The Labute approximate surface area is 187 Å². The molecule has 32 heavy (non-hydrogen) atoms. The average Bonchev–Trinajstić information content (AvgIpc) is 3.20. The molecule has 8 heteroatoms. The number of benzene rings is 2. The van der Waals surface area contributed by atoms with Crippen LogP contribution in [0.5, 0.6) is 0 Å². The molecule has 0 N–H and O–H groups in total. The van der Waals surface area contributed by atoms with Gasteiger partial charge in [-0.3, -0.25) is 4.79 Å². The van der Waals surface area contributed by atoms with E-state index in [0.29, 0.717) is 11.3 Å². The van der Waals surface area contributed by atoms with Gasteiger partial charge in [0.25, 0.3) is 0 Å². The van der Waals surface area contributed by atoms with Gasteiger partial charge in [0.1, 0.15) is 18.5 Å². The highest BCUT2D eigenvalue weighted by Crippen LogP contribution is 2.31. The van der Waals surface area contributed by atoms with Gasteiger partial charge in [-0.2, -0.15) is 0 Å². The first-order chi connectivity index (χ1) is 15.1. The molecule has 2 atom stereocenters. The number of carbonyl (C=O) groups is 1. The minimum atomic E-state index is -3.85. The van der Waals surface area contributed by atoms with E-state index in [-0.39, 0.29) is 25.0 Å². The maximum absolute atomic E-state index is 14.5. The Balaban J connectivity index is 1.72. The first-order valence-electron chi connectivity index (χ1n) is 10.00. The molecular formula is C24H24FNO5S. The Bertz CT molecular complexity index is 1200. The van der Waals surface area contributed by atoms with E-state index in [1.165, 1.54) is 13.0 Å². The standard InChI is InChI=1S/C24H24FNO5S/c1-4-8-17-11-12-20(21(25)13-17)22-14-19(31-26-22)15-24(2,32(3,28)29)23(27)30-16-18-9-6-5-7-10-18/h5-7,9-13,19H,14-16H2,1-3H3. The summed E-state index contributed by atoms with van der Waals surface area (Å²) in [5.41, 5.74) is 1.88. The van der Waals surface area contributed by atoms with Crippen molar-refractivity contribution in [3.05, 3.63) is 71.0 Å². The number of carbonyl (C=O) groups excluding carboxylic acids is 1. The number of hydrogen-bond acceptors (Lipinski definition) is 6. The van der Waals surface area contributed by atoms with Crippen LogP contribution in [0.3, 0.4) is 0 Å². The minimum absolute atomic E-state index is 0.0454. The van der Waals surface area contributed by atoms with Crippen molar-refractivity contribution >= 4 is 21.5 Å². The van der Waals surface area contributed by atoms with Gasteiger partial charge in [0.05, 0.1) is 5.71 Å². The maximum Gasteiger partial charge on any atom is 0.327 e. The van der Waals surface area contributed by atoms with Gasteiger partial charge in [-0.1, -0.05) is 41.4 Å². The van der Waals surface area contributed by atoms with E-state index in [1.807, 2.05) is 6.07 Å². The van der Waals surface area contributed by atoms with Crippen LogP contribution in [0, 0.1) is 17.7 Å². The van der Waals surface area contributed by atoms with Gasteiger partial charge < -0.3 is 9.57 Å². The fourth-order valence-corrected chi connectivity index (χ4v) is 4.21. The molecule has 0 saturated heterocycles. The molecule has 0 spiro atoms. The maximum atomic E-state index is 14.5. The molecule has 0 bridgehead atoms. The highest BCUT2D eigenvalue weighted by atomic mass is 32.2. The minimum Gasteiger partial charge on any atom is -0.460 e. The number of ether oxygens (including phenoxy) is 1. The molecule has 2 aromatic rings. The second kappa shape index (κ2) is 9.53. The first-order valence-corrected chi connectivity index (χ1v) is 11.9. The van der Waals surface area contributed by atoms with Crippen LogP contribution in [0.25, 0.3) is 0 Å². The molecule has 0 radical (unpaired) electrons. The van der Waals surface area contributed by atoms with Crippen LogP contribution in [0.2, 0.25) is 0 Å². The molecular weight excluding hydrogens is 433 g/mol. The number of sulfone groups is 1. The van der Waals surface area contributed by atoms with Gasteiger partial charge >= 0.3 is 5.97 Å². The summed E-state index contributed by atoms with van der Waals surface area (Å²) in [4.78, 5) is 18.2. The Morgan fingerprint density at radius 2 is 2.00 bits per heavy atom. The summed E-state index contributed by atoms with van der Waals surface area (Å²) in [6.07, 6.45) is 0.254. The number of esters is 1. The van der Waals surface area contributed by atoms with Gasteiger partial charge in [0.2, 0.25) is 0 Å². The first kappa shape index (κ1) is 23.5.